The Kier molecular flexibility index (Phi) is 6.26. The molecule has 6 nitrogen and oxygen atoms in total. The van der Waals surface area contributed by atoms with E-state index >= 15 is 0 Å². The molecule has 0 radical (unpaired) electrons. The molecule has 0 fully saturated rings. The first-order chi connectivity index (χ1) is 13.1. The fourth-order valence-electron chi connectivity index (χ4n) is 2.53. The van der Waals surface area contributed by atoms with Gasteiger partial charge >= 0.3 is 12.0 Å². The van der Waals surface area contributed by atoms with E-state index in [9.17, 15) is 9.59 Å². The smallest absolute Gasteiger partial charge is 0.336 e. The minimum atomic E-state index is -0.380. The van der Waals surface area contributed by atoms with E-state index in [1.807, 2.05) is 18.2 Å². The number of thioether (sulfide) groups is 1. The summed E-state index contributed by atoms with van der Waals surface area (Å²) in [5.41, 5.74) is 3.33. The Morgan fingerprint density at radius 1 is 1.00 bits per heavy atom. The second-order valence-electron chi connectivity index (χ2n) is 5.70. The van der Waals surface area contributed by atoms with E-state index in [0.29, 0.717) is 39.2 Å². The van der Waals surface area contributed by atoms with Gasteiger partial charge in [-0.1, -0.05) is 23.7 Å². The molecule has 2 amide bonds. The van der Waals surface area contributed by atoms with Crippen molar-refractivity contribution in [1.82, 2.24) is 0 Å². The average Bonchev–Trinajstić information content (AvgIpc) is 3.13. The van der Waals surface area contributed by atoms with Gasteiger partial charge in [-0.05, 0) is 36.4 Å². The van der Waals surface area contributed by atoms with Crippen molar-refractivity contribution in [2.45, 2.75) is 0 Å². The number of carbonyl (C=O) groups is 2. The van der Waals surface area contributed by atoms with E-state index in [4.69, 9.17) is 16.3 Å². The summed E-state index contributed by atoms with van der Waals surface area (Å²) in [6, 6.07) is 13.7. The van der Waals surface area contributed by atoms with Gasteiger partial charge in [0.25, 0.3) is 0 Å². The van der Waals surface area contributed by atoms with Crippen molar-refractivity contribution >= 4 is 52.4 Å². The van der Waals surface area contributed by atoms with Crippen molar-refractivity contribution in [3.63, 3.8) is 0 Å². The third kappa shape index (κ3) is 4.96. The molecule has 8 heteroatoms. The number of halogens is 1. The molecule has 1 aliphatic heterocycles. The maximum atomic E-state index is 12.3. The van der Waals surface area contributed by atoms with E-state index in [1.165, 1.54) is 7.11 Å². The lowest BCUT2D eigenvalue weighted by molar-refractivity contribution is -0.136. The number of methoxy groups -OCH3 is 1. The van der Waals surface area contributed by atoms with Crippen LogP contribution in [0.15, 0.2) is 59.8 Å². The van der Waals surface area contributed by atoms with Crippen LogP contribution in [0, 0.1) is 0 Å². The zero-order valence-corrected chi connectivity index (χ0v) is 16.1. The van der Waals surface area contributed by atoms with Crippen LogP contribution >= 0.6 is 23.4 Å². The molecule has 0 atom stereocenters. The summed E-state index contributed by atoms with van der Waals surface area (Å²) >= 11 is 7.48. The van der Waals surface area contributed by atoms with Crippen LogP contribution in [0.3, 0.4) is 0 Å². The fraction of sp³-hybridized carbons (Fsp3) is 0.158. The molecule has 27 heavy (non-hydrogen) atoms. The summed E-state index contributed by atoms with van der Waals surface area (Å²) in [6.45, 7) is 0. The molecule has 3 rings (SSSR count). The molecule has 2 aromatic carbocycles. The minimum Gasteiger partial charge on any atom is -0.466 e. The Hall–Kier alpha value is -2.64. The highest BCUT2D eigenvalue weighted by atomic mass is 35.5. The molecule has 3 N–H and O–H groups in total. The number of rotatable bonds is 5. The second-order valence-corrected chi connectivity index (χ2v) is 7.12. The van der Waals surface area contributed by atoms with Gasteiger partial charge in [0.15, 0.2) is 0 Å². The molecule has 0 aromatic heterocycles. The number of para-hydroxylation sites is 2. The van der Waals surface area contributed by atoms with E-state index in [1.54, 1.807) is 42.1 Å². The van der Waals surface area contributed by atoms with Gasteiger partial charge < -0.3 is 20.7 Å². The van der Waals surface area contributed by atoms with Crippen molar-refractivity contribution in [3.8, 4) is 0 Å². The number of carbonyl (C=O) groups excluding carboxylic acids is 2. The number of urea groups is 1. The highest BCUT2D eigenvalue weighted by molar-refractivity contribution is 8.00. The quantitative estimate of drug-likeness (QED) is 0.637. The highest BCUT2D eigenvalue weighted by Crippen LogP contribution is 2.30. The summed E-state index contributed by atoms with van der Waals surface area (Å²) in [4.78, 5) is 24.2. The lowest BCUT2D eigenvalue weighted by atomic mass is 10.2. The molecule has 0 saturated heterocycles. The largest absolute Gasteiger partial charge is 0.466 e. The maximum Gasteiger partial charge on any atom is 0.336 e. The van der Waals surface area contributed by atoms with Crippen molar-refractivity contribution in [2.24, 2.45) is 0 Å². The van der Waals surface area contributed by atoms with Crippen LogP contribution in [0.4, 0.5) is 21.9 Å². The zero-order valence-electron chi connectivity index (χ0n) is 14.5. The monoisotopic (exact) mass is 403 g/mol. The van der Waals surface area contributed by atoms with Crippen LogP contribution in [0.2, 0.25) is 5.02 Å². The average molecular weight is 404 g/mol. The number of esters is 1. The Labute approximate surface area is 166 Å². The van der Waals surface area contributed by atoms with Crippen molar-refractivity contribution < 1.29 is 14.3 Å². The molecular weight excluding hydrogens is 386 g/mol. The fourth-order valence-corrected chi connectivity index (χ4v) is 3.70. The number of amides is 2. The molecule has 140 valence electrons. The number of benzene rings is 2. The maximum absolute atomic E-state index is 12.3. The number of hydrogen-bond acceptors (Lipinski definition) is 5. The van der Waals surface area contributed by atoms with Crippen LogP contribution in [-0.4, -0.2) is 30.6 Å². The predicted molar refractivity (Wildman–Crippen MR) is 111 cm³/mol. The SMILES string of the molecule is COC(=O)C1=C(Nc2ccccc2NC(=O)Nc2ccc(Cl)cc2)CSC1. The Balaban J connectivity index is 1.73. The molecule has 0 saturated carbocycles. The summed E-state index contributed by atoms with van der Waals surface area (Å²) in [5.74, 6) is 0.936. The van der Waals surface area contributed by atoms with Crippen LogP contribution in [-0.2, 0) is 9.53 Å². The molecule has 1 heterocycles. The molecule has 0 bridgehead atoms. The standard InChI is InChI=1S/C19H18ClN3O3S/c1-26-18(24)14-10-27-11-17(14)22-15-4-2-3-5-16(15)23-19(25)21-13-8-6-12(20)7-9-13/h2-9,22H,10-11H2,1H3,(H2,21,23,25). The minimum absolute atomic E-state index is 0.339. The Bertz CT molecular complexity index is 884. The second kappa shape index (κ2) is 8.83. The van der Waals surface area contributed by atoms with Gasteiger partial charge in [-0.25, -0.2) is 9.59 Å². The topological polar surface area (TPSA) is 79.5 Å². The first-order valence-corrected chi connectivity index (χ1v) is 9.68. The van der Waals surface area contributed by atoms with Crippen LogP contribution in [0.1, 0.15) is 0 Å². The van der Waals surface area contributed by atoms with Gasteiger partial charge in [0.2, 0.25) is 0 Å². The lowest BCUT2D eigenvalue weighted by Gasteiger charge is -2.15. The van der Waals surface area contributed by atoms with E-state index in [-0.39, 0.29) is 12.0 Å². The van der Waals surface area contributed by atoms with Gasteiger partial charge in [-0.15, -0.1) is 0 Å². The summed E-state index contributed by atoms with van der Waals surface area (Å²) < 4.78 is 4.83. The van der Waals surface area contributed by atoms with Crippen LogP contribution in [0.5, 0.6) is 0 Å². The molecule has 1 aliphatic rings. The van der Waals surface area contributed by atoms with Gasteiger partial charge in [-0.3, -0.25) is 0 Å². The number of nitrogens with one attached hydrogen (secondary N) is 3. The first kappa shape index (κ1) is 19.1. The van der Waals surface area contributed by atoms with Crippen molar-refractivity contribution in [3.05, 3.63) is 64.8 Å². The molecule has 0 spiro atoms. The van der Waals surface area contributed by atoms with Gasteiger partial charge in [-0.2, -0.15) is 11.8 Å². The van der Waals surface area contributed by atoms with Crippen molar-refractivity contribution in [2.75, 3.05) is 34.6 Å². The third-order valence-corrected chi connectivity index (χ3v) is 5.09. The van der Waals surface area contributed by atoms with Gasteiger partial charge in [0.05, 0.1) is 24.1 Å². The van der Waals surface area contributed by atoms with Crippen LogP contribution in [0.25, 0.3) is 0 Å². The van der Waals surface area contributed by atoms with E-state index in [0.717, 1.165) is 5.70 Å². The van der Waals surface area contributed by atoms with Gasteiger partial charge in [0.1, 0.15) is 0 Å². The predicted octanol–water partition coefficient (Wildman–Crippen LogP) is 4.57. The van der Waals surface area contributed by atoms with Gasteiger partial charge in [0, 0.05) is 27.9 Å². The molecule has 0 aliphatic carbocycles. The number of ether oxygens (including phenoxy) is 1. The number of anilines is 3. The Morgan fingerprint density at radius 3 is 2.41 bits per heavy atom. The molecular formula is C19H18ClN3O3S. The summed E-state index contributed by atoms with van der Waals surface area (Å²) in [6.07, 6.45) is 0. The highest BCUT2D eigenvalue weighted by Gasteiger charge is 2.22. The molecule has 0 unspecified atom stereocenters. The summed E-state index contributed by atoms with van der Waals surface area (Å²) in [7, 11) is 1.37. The lowest BCUT2D eigenvalue weighted by Crippen LogP contribution is -2.20. The van der Waals surface area contributed by atoms with E-state index < -0.39 is 0 Å². The summed E-state index contributed by atoms with van der Waals surface area (Å²) in [5, 5.41) is 9.41. The normalized spacial score (nSPS) is 13.3. The van der Waals surface area contributed by atoms with E-state index in [2.05, 4.69) is 16.0 Å². The number of hydrogen-bond donors (Lipinski definition) is 3. The Morgan fingerprint density at radius 2 is 1.70 bits per heavy atom. The third-order valence-electron chi connectivity index (χ3n) is 3.85. The molecule has 2 aromatic rings. The first-order valence-electron chi connectivity index (χ1n) is 8.14. The van der Waals surface area contributed by atoms with Crippen molar-refractivity contribution in [1.29, 1.82) is 0 Å². The van der Waals surface area contributed by atoms with Crippen LogP contribution < -0.4 is 16.0 Å². The zero-order chi connectivity index (χ0) is 19.2.